The summed E-state index contributed by atoms with van der Waals surface area (Å²) in [7, 11) is 3.27. The van der Waals surface area contributed by atoms with E-state index in [1.807, 2.05) is 18.2 Å². The summed E-state index contributed by atoms with van der Waals surface area (Å²) in [6.07, 6.45) is 1.99. The number of benzene rings is 2. The standard InChI is InChI=1S/C18H20N2O2S/c1-21-15-7-8-17(22-2)16(11-15)20-18(23)19-14-9-12-5-3-4-6-13(12)10-14/h3-8,11,14H,9-10H2,1-2H3,(H2,19,20,23). The monoisotopic (exact) mass is 328 g/mol. The van der Waals surface area contributed by atoms with Crippen LogP contribution in [0.15, 0.2) is 42.5 Å². The molecule has 0 atom stereocenters. The molecule has 120 valence electrons. The van der Waals surface area contributed by atoms with Crippen molar-refractivity contribution in [1.29, 1.82) is 0 Å². The molecule has 0 spiro atoms. The van der Waals surface area contributed by atoms with Crippen LogP contribution in [0.1, 0.15) is 11.1 Å². The first-order valence-electron chi connectivity index (χ1n) is 7.56. The highest BCUT2D eigenvalue weighted by Crippen LogP contribution is 2.29. The minimum Gasteiger partial charge on any atom is -0.497 e. The fourth-order valence-corrected chi connectivity index (χ4v) is 3.19. The number of hydrogen-bond donors (Lipinski definition) is 2. The van der Waals surface area contributed by atoms with Gasteiger partial charge in [0.05, 0.1) is 19.9 Å². The van der Waals surface area contributed by atoms with Crippen molar-refractivity contribution in [3.05, 3.63) is 53.6 Å². The molecule has 0 unspecified atom stereocenters. The van der Waals surface area contributed by atoms with Crippen molar-refractivity contribution >= 4 is 23.0 Å². The second kappa shape index (κ2) is 6.87. The second-order valence-corrected chi connectivity index (χ2v) is 5.95. The predicted octanol–water partition coefficient (Wildman–Crippen LogP) is 3.16. The van der Waals surface area contributed by atoms with Crippen molar-refractivity contribution in [1.82, 2.24) is 5.32 Å². The molecule has 0 saturated heterocycles. The Morgan fingerprint density at radius 2 is 1.74 bits per heavy atom. The lowest BCUT2D eigenvalue weighted by Gasteiger charge is -2.17. The molecule has 2 N–H and O–H groups in total. The zero-order valence-electron chi connectivity index (χ0n) is 13.3. The van der Waals surface area contributed by atoms with E-state index in [-0.39, 0.29) is 0 Å². The van der Waals surface area contributed by atoms with E-state index in [4.69, 9.17) is 21.7 Å². The lowest BCUT2D eigenvalue weighted by atomic mass is 10.1. The molecule has 0 radical (unpaired) electrons. The maximum Gasteiger partial charge on any atom is 0.171 e. The van der Waals surface area contributed by atoms with Gasteiger partial charge in [-0.3, -0.25) is 0 Å². The summed E-state index contributed by atoms with van der Waals surface area (Å²) >= 11 is 5.45. The summed E-state index contributed by atoms with van der Waals surface area (Å²) in [5, 5.41) is 7.18. The van der Waals surface area contributed by atoms with Gasteiger partial charge >= 0.3 is 0 Å². The van der Waals surface area contributed by atoms with Crippen LogP contribution in [0.5, 0.6) is 11.5 Å². The number of thiocarbonyl (C=S) groups is 1. The molecular formula is C18H20N2O2S. The number of nitrogens with one attached hydrogen (secondary N) is 2. The van der Waals surface area contributed by atoms with E-state index >= 15 is 0 Å². The summed E-state index contributed by atoms with van der Waals surface area (Å²) < 4.78 is 10.6. The highest BCUT2D eigenvalue weighted by atomic mass is 32.1. The van der Waals surface area contributed by atoms with Gasteiger partial charge in [-0.05, 0) is 48.3 Å². The molecule has 5 heteroatoms. The molecule has 1 aliphatic rings. The van der Waals surface area contributed by atoms with Crippen LogP contribution in [0.2, 0.25) is 0 Å². The SMILES string of the molecule is COc1ccc(OC)c(NC(=S)NC2Cc3ccccc3C2)c1. The summed E-state index contributed by atoms with van der Waals surface area (Å²) in [4.78, 5) is 0. The van der Waals surface area contributed by atoms with Crippen molar-refractivity contribution in [2.75, 3.05) is 19.5 Å². The molecule has 4 nitrogen and oxygen atoms in total. The van der Waals surface area contributed by atoms with Crippen molar-refractivity contribution in [2.45, 2.75) is 18.9 Å². The van der Waals surface area contributed by atoms with E-state index in [0.717, 1.165) is 30.0 Å². The summed E-state index contributed by atoms with van der Waals surface area (Å²) in [6.45, 7) is 0. The first kappa shape index (κ1) is 15.6. The maximum absolute atomic E-state index is 5.45. The zero-order valence-corrected chi connectivity index (χ0v) is 14.1. The lowest BCUT2D eigenvalue weighted by molar-refractivity contribution is 0.405. The minimum absolute atomic E-state index is 0.323. The third-order valence-corrected chi connectivity index (χ3v) is 4.26. The van der Waals surface area contributed by atoms with Crippen LogP contribution in [0.25, 0.3) is 0 Å². The molecule has 0 bridgehead atoms. The molecular weight excluding hydrogens is 308 g/mol. The second-order valence-electron chi connectivity index (χ2n) is 5.54. The topological polar surface area (TPSA) is 42.5 Å². The molecule has 0 amide bonds. The van der Waals surface area contributed by atoms with Gasteiger partial charge in [0.2, 0.25) is 0 Å². The van der Waals surface area contributed by atoms with Crippen molar-refractivity contribution in [3.8, 4) is 11.5 Å². The van der Waals surface area contributed by atoms with Crippen LogP contribution in [0.3, 0.4) is 0 Å². The van der Waals surface area contributed by atoms with E-state index < -0.39 is 0 Å². The Balaban J connectivity index is 1.64. The smallest absolute Gasteiger partial charge is 0.171 e. The molecule has 23 heavy (non-hydrogen) atoms. The largest absolute Gasteiger partial charge is 0.497 e. The lowest BCUT2D eigenvalue weighted by Crippen LogP contribution is -2.38. The molecule has 2 aromatic carbocycles. The van der Waals surface area contributed by atoms with Crippen molar-refractivity contribution in [2.24, 2.45) is 0 Å². The first-order chi connectivity index (χ1) is 11.2. The Bertz CT molecular complexity index is 693. The molecule has 0 aromatic heterocycles. The number of rotatable bonds is 4. The van der Waals surface area contributed by atoms with Crippen molar-refractivity contribution in [3.63, 3.8) is 0 Å². The average Bonchev–Trinajstić information content (AvgIpc) is 2.96. The highest BCUT2D eigenvalue weighted by molar-refractivity contribution is 7.80. The summed E-state index contributed by atoms with van der Waals surface area (Å²) in [5.74, 6) is 1.48. The minimum atomic E-state index is 0.323. The predicted molar refractivity (Wildman–Crippen MR) is 96.5 cm³/mol. The third-order valence-electron chi connectivity index (χ3n) is 4.04. The van der Waals surface area contributed by atoms with E-state index in [9.17, 15) is 0 Å². The molecule has 0 fully saturated rings. The maximum atomic E-state index is 5.45. The fourth-order valence-electron chi connectivity index (χ4n) is 2.92. The first-order valence-corrected chi connectivity index (χ1v) is 7.96. The fraction of sp³-hybridized carbons (Fsp3) is 0.278. The Morgan fingerprint density at radius 1 is 1.04 bits per heavy atom. The average molecular weight is 328 g/mol. The number of hydrogen-bond acceptors (Lipinski definition) is 3. The Labute approximate surface area is 141 Å². The quantitative estimate of drug-likeness (QED) is 0.844. The molecule has 0 heterocycles. The van der Waals surface area contributed by atoms with Gasteiger partial charge in [0.1, 0.15) is 11.5 Å². The number of fused-ring (bicyclic) bond motifs is 1. The molecule has 3 rings (SSSR count). The Kier molecular flexibility index (Phi) is 4.67. The Morgan fingerprint density at radius 3 is 2.35 bits per heavy atom. The van der Waals surface area contributed by atoms with Gasteiger partial charge in [0.25, 0.3) is 0 Å². The van der Waals surface area contributed by atoms with Crippen molar-refractivity contribution < 1.29 is 9.47 Å². The van der Waals surface area contributed by atoms with Crippen LogP contribution in [-0.4, -0.2) is 25.4 Å². The van der Waals surface area contributed by atoms with E-state index in [1.165, 1.54) is 11.1 Å². The van der Waals surface area contributed by atoms with E-state index in [1.54, 1.807) is 14.2 Å². The number of anilines is 1. The molecule has 2 aromatic rings. The van der Waals surface area contributed by atoms with Gasteiger partial charge in [-0.15, -0.1) is 0 Å². The number of ether oxygens (including phenoxy) is 2. The van der Waals surface area contributed by atoms with Gasteiger partial charge in [0.15, 0.2) is 5.11 Å². The summed E-state index contributed by atoms with van der Waals surface area (Å²) in [6, 6.07) is 14.4. The van der Waals surface area contributed by atoms with Gasteiger partial charge in [-0.1, -0.05) is 24.3 Å². The number of methoxy groups -OCH3 is 2. The molecule has 0 saturated carbocycles. The van der Waals surface area contributed by atoms with Gasteiger partial charge in [-0.25, -0.2) is 0 Å². The van der Waals surface area contributed by atoms with Crippen LogP contribution in [0, 0.1) is 0 Å². The molecule has 0 aliphatic heterocycles. The van der Waals surface area contributed by atoms with Crippen LogP contribution >= 0.6 is 12.2 Å². The van der Waals surface area contributed by atoms with E-state index in [2.05, 4.69) is 34.9 Å². The van der Waals surface area contributed by atoms with Gasteiger partial charge in [-0.2, -0.15) is 0 Å². The van der Waals surface area contributed by atoms with Gasteiger partial charge in [0, 0.05) is 12.1 Å². The normalized spacial score (nSPS) is 13.3. The highest BCUT2D eigenvalue weighted by Gasteiger charge is 2.21. The van der Waals surface area contributed by atoms with Gasteiger partial charge < -0.3 is 20.1 Å². The Hall–Kier alpha value is -2.27. The van der Waals surface area contributed by atoms with Crippen LogP contribution in [-0.2, 0) is 12.8 Å². The van der Waals surface area contributed by atoms with E-state index in [0.29, 0.717) is 11.2 Å². The van der Waals surface area contributed by atoms with Crippen LogP contribution < -0.4 is 20.1 Å². The van der Waals surface area contributed by atoms with Crippen LogP contribution in [0.4, 0.5) is 5.69 Å². The summed E-state index contributed by atoms with van der Waals surface area (Å²) in [5.41, 5.74) is 3.58. The third kappa shape index (κ3) is 3.56. The zero-order chi connectivity index (χ0) is 16.2. The molecule has 1 aliphatic carbocycles.